The third kappa shape index (κ3) is 10.9. The minimum absolute atomic E-state index is 0.327. The molecule has 0 unspecified atom stereocenters. The van der Waals surface area contributed by atoms with E-state index < -0.39 is 0 Å². The molecule has 12 heteroatoms. The second kappa shape index (κ2) is 15.1. The summed E-state index contributed by atoms with van der Waals surface area (Å²) in [7, 11) is 7.87. The van der Waals surface area contributed by atoms with E-state index in [-0.39, 0.29) is 0 Å². The van der Waals surface area contributed by atoms with Crippen LogP contribution in [0.1, 0.15) is 0 Å². The Morgan fingerprint density at radius 3 is 0.958 bits per heavy atom. The van der Waals surface area contributed by atoms with Crippen molar-refractivity contribution in [2.75, 3.05) is 0 Å². The Morgan fingerprint density at radius 1 is 0.333 bits per heavy atom. The van der Waals surface area contributed by atoms with Crippen LogP contribution in [0.5, 0.6) is 0 Å². The molecule has 24 heavy (non-hydrogen) atoms. The van der Waals surface area contributed by atoms with Crippen LogP contribution in [-0.4, -0.2) is 104 Å². The SMILES string of the molecule is c1ccc([SiH2][SiH2][SiH2][SiH2][SiH2][SiH2][SiH2][SiH2][SiH2][SiH2][SiH2][SiH2]c2ccccc2)cc1. The fraction of sp³-hybridized carbons (Fsp3) is 0. The normalized spacial score (nSPS) is 16.8. The van der Waals surface area contributed by atoms with Crippen LogP contribution in [0.25, 0.3) is 0 Å². The number of hydrogen-bond acceptors (Lipinski definition) is 0. The van der Waals surface area contributed by atoms with E-state index in [1.807, 2.05) is 10.4 Å². The molecule has 0 spiro atoms. The van der Waals surface area contributed by atoms with Gasteiger partial charge in [0.05, 0.1) is 0 Å². The van der Waals surface area contributed by atoms with E-state index in [1.165, 1.54) is 0 Å². The first kappa shape index (κ1) is 21.3. The van der Waals surface area contributed by atoms with Gasteiger partial charge < -0.3 is 0 Å². The number of benzene rings is 2. The predicted octanol–water partition coefficient (Wildman–Crippen LogP) is -9.27. The van der Waals surface area contributed by atoms with Crippen molar-refractivity contribution in [3.8, 4) is 0 Å². The molecule has 0 saturated heterocycles. The summed E-state index contributed by atoms with van der Waals surface area (Å²) in [6, 6.07) is 23.2. The summed E-state index contributed by atoms with van der Waals surface area (Å²) in [4.78, 5) is 0. The van der Waals surface area contributed by atoms with Gasteiger partial charge in [-0.1, -0.05) is 71.0 Å². The molecule has 0 radical (unpaired) electrons. The Labute approximate surface area is 173 Å². The van der Waals surface area contributed by atoms with Gasteiger partial charge in [-0.3, -0.25) is 0 Å². The van der Waals surface area contributed by atoms with Gasteiger partial charge in [-0.25, -0.2) is 0 Å². The minimum Gasteiger partial charge on any atom is -0.0704 e. The first-order chi connectivity index (χ1) is 11.9. The second-order valence-electron chi connectivity index (χ2n) is 7.01. The van der Waals surface area contributed by atoms with Crippen molar-refractivity contribution in [2.45, 2.75) is 0 Å². The Morgan fingerprint density at radius 2 is 0.625 bits per heavy atom. The maximum absolute atomic E-state index is 2.43. The van der Waals surface area contributed by atoms with E-state index in [0.29, 0.717) is 52.3 Å². The van der Waals surface area contributed by atoms with Gasteiger partial charge in [0.2, 0.25) is 0 Å². The minimum atomic E-state index is 0.327. The quantitative estimate of drug-likeness (QED) is 0.184. The molecule has 2 rings (SSSR count). The van der Waals surface area contributed by atoms with Crippen LogP contribution < -0.4 is 10.4 Å². The van der Waals surface area contributed by atoms with E-state index >= 15 is 0 Å². The molecule has 0 fully saturated rings. The summed E-state index contributed by atoms with van der Waals surface area (Å²) in [5.74, 6) is 0. The van der Waals surface area contributed by atoms with Crippen molar-refractivity contribution in [3.05, 3.63) is 60.7 Å². The zero-order valence-electron chi connectivity index (χ0n) is 15.3. The summed E-state index contributed by atoms with van der Waals surface area (Å²) in [6.45, 7) is 0. The maximum Gasteiger partial charge on any atom is 0.0389 e. The lowest BCUT2D eigenvalue weighted by molar-refractivity contribution is 1.77. The number of hydrogen-bond donors (Lipinski definition) is 0. The molecular weight excluding hydrogens is 481 g/mol. The highest BCUT2D eigenvalue weighted by atomic mass is 30.0. The van der Waals surface area contributed by atoms with Gasteiger partial charge in [0.25, 0.3) is 0 Å². The molecule has 0 aliphatic heterocycles. The van der Waals surface area contributed by atoms with Crippen molar-refractivity contribution >= 4 is 114 Å². The van der Waals surface area contributed by atoms with Crippen LogP contribution in [0, 0.1) is 0 Å². The zero-order chi connectivity index (χ0) is 16.7. The maximum atomic E-state index is 2.43. The molecule has 0 aliphatic carbocycles. The Kier molecular flexibility index (Phi) is 13.5. The summed E-state index contributed by atoms with van der Waals surface area (Å²) >= 11 is 0. The van der Waals surface area contributed by atoms with E-state index in [4.69, 9.17) is 0 Å². The van der Waals surface area contributed by atoms with Gasteiger partial charge in [-0.15, -0.1) is 0 Å². The molecule has 0 atom stereocenters. The molecule has 0 saturated carbocycles. The Hall–Kier alpha value is 1.04. The third-order valence-corrected chi connectivity index (χ3v) is 200. The lowest BCUT2D eigenvalue weighted by atomic mass is 10.4. The largest absolute Gasteiger partial charge is 0.0704 e. The van der Waals surface area contributed by atoms with Crippen LogP contribution in [0.2, 0.25) is 0 Å². The third-order valence-electron chi connectivity index (χ3n) is 4.87. The van der Waals surface area contributed by atoms with Crippen LogP contribution in [0.4, 0.5) is 0 Å². The predicted molar refractivity (Wildman–Crippen MR) is 155 cm³/mol. The summed E-state index contributed by atoms with van der Waals surface area (Å²) in [5.41, 5.74) is 0. The van der Waals surface area contributed by atoms with Crippen LogP contribution in [-0.2, 0) is 0 Å². The van der Waals surface area contributed by atoms with Gasteiger partial charge in [-0.2, -0.15) is 0 Å². The van der Waals surface area contributed by atoms with Crippen LogP contribution in [0.3, 0.4) is 0 Å². The van der Waals surface area contributed by atoms with Crippen LogP contribution >= 0.6 is 0 Å². The molecule has 130 valence electrons. The molecule has 0 aromatic heterocycles. The summed E-state index contributed by atoms with van der Waals surface area (Å²) in [6.07, 6.45) is 0. The molecule has 0 nitrogen and oxygen atoms in total. The molecule has 0 aliphatic rings. The molecule has 2 aromatic rings. The van der Waals surface area contributed by atoms with Crippen molar-refractivity contribution in [2.24, 2.45) is 0 Å². The molecule has 0 amide bonds. The standard InChI is InChI=1S/C12H34Si12/c1-3-7-11(8-4-1)13-15-17-19-21-23-24-22-20-18-16-14-12-9-5-2-6-10-12/h1-10H,13-24H2. The first-order valence-electron chi connectivity index (χ1n) is 10.0. The van der Waals surface area contributed by atoms with Gasteiger partial charge in [-0.05, 0) is 85.5 Å². The molecule has 0 N–H and O–H groups in total. The van der Waals surface area contributed by atoms with Crippen molar-refractivity contribution < 1.29 is 0 Å². The highest BCUT2D eigenvalue weighted by Gasteiger charge is 1.99. The highest BCUT2D eigenvalue weighted by Crippen LogP contribution is 1.80. The van der Waals surface area contributed by atoms with Gasteiger partial charge in [0, 0.05) is 18.1 Å². The summed E-state index contributed by atoms with van der Waals surface area (Å²) in [5, 5.41) is 3.62. The fourth-order valence-electron chi connectivity index (χ4n) is 3.36. The fourth-order valence-corrected chi connectivity index (χ4v) is 379. The molecule has 2 aromatic carbocycles. The molecular formula is C12H34Si12. The second-order valence-corrected chi connectivity index (χ2v) is 105. The topological polar surface area (TPSA) is 0 Å². The van der Waals surface area contributed by atoms with Crippen molar-refractivity contribution in [3.63, 3.8) is 0 Å². The van der Waals surface area contributed by atoms with Gasteiger partial charge in [0.1, 0.15) is 0 Å². The lowest BCUT2D eigenvalue weighted by Gasteiger charge is -2.00. The first-order valence-corrected chi connectivity index (χ1v) is 55.4. The Balaban J connectivity index is 1.32. The lowest BCUT2D eigenvalue weighted by Crippen LogP contribution is -2.36. The zero-order valence-corrected chi connectivity index (χ0v) is 32.2. The van der Waals surface area contributed by atoms with E-state index in [9.17, 15) is 0 Å². The van der Waals surface area contributed by atoms with Crippen molar-refractivity contribution in [1.29, 1.82) is 0 Å². The van der Waals surface area contributed by atoms with E-state index in [1.54, 1.807) is 0 Å². The number of rotatable bonds is 13. The molecule has 0 heterocycles. The summed E-state index contributed by atoms with van der Waals surface area (Å²) < 4.78 is 0. The van der Waals surface area contributed by atoms with E-state index in [2.05, 4.69) is 60.7 Å². The monoisotopic (exact) mass is 514 g/mol. The van der Waals surface area contributed by atoms with Gasteiger partial charge in [0.15, 0.2) is 0 Å². The van der Waals surface area contributed by atoms with Gasteiger partial charge >= 0.3 is 0 Å². The Bertz CT molecular complexity index is 475. The highest BCUT2D eigenvalue weighted by molar-refractivity contribution is 7.71. The van der Waals surface area contributed by atoms with Crippen LogP contribution in [0.15, 0.2) is 60.7 Å². The smallest absolute Gasteiger partial charge is 0.0389 e. The average molecular weight is 515 g/mol. The average Bonchev–Trinajstić information content (AvgIpc) is 2.64. The van der Waals surface area contributed by atoms with Crippen molar-refractivity contribution in [1.82, 2.24) is 0 Å². The molecule has 0 bridgehead atoms. The van der Waals surface area contributed by atoms with E-state index in [0.717, 1.165) is 51.3 Å².